The lowest BCUT2D eigenvalue weighted by atomic mass is 10.1. The van der Waals surface area contributed by atoms with Gasteiger partial charge in [0.2, 0.25) is 11.8 Å². The van der Waals surface area contributed by atoms with Crippen molar-refractivity contribution in [3.8, 4) is 5.75 Å². The molecule has 0 spiro atoms. The Kier molecular flexibility index (Phi) is 6.68. The van der Waals surface area contributed by atoms with Crippen LogP contribution in [0.25, 0.3) is 0 Å². The molecule has 0 fully saturated rings. The molecule has 0 radical (unpaired) electrons. The van der Waals surface area contributed by atoms with Crippen LogP contribution in [0.3, 0.4) is 0 Å². The second-order valence-corrected chi connectivity index (χ2v) is 5.02. The van der Waals surface area contributed by atoms with Gasteiger partial charge in [0.25, 0.3) is 0 Å². The summed E-state index contributed by atoms with van der Waals surface area (Å²) in [5, 5.41) is 11.9. The summed E-state index contributed by atoms with van der Waals surface area (Å²) in [6.07, 6.45) is 1.21. The molecule has 1 aromatic rings. The quantitative estimate of drug-likeness (QED) is 0.671. The molecule has 1 atom stereocenters. The third-order valence-corrected chi connectivity index (χ3v) is 3.04. The van der Waals surface area contributed by atoms with Crippen LogP contribution < -0.4 is 11.1 Å². The van der Waals surface area contributed by atoms with E-state index >= 15 is 0 Å². The lowest BCUT2D eigenvalue weighted by Gasteiger charge is -2.21. The van der Waals surface area contributed by atoms with Crippen molar-refractivity contribution >= 4 is 11.8 Å². The molecule has 0 saturated heterocycles. The van der Waals surface area contributed by atoms with Gasteiger partial charge in [0.05, 0.1) is 12.6 Å². The van der Waals surface area contributed by atoms with E-state index in [-0.39, 0.29) is 24.1 Å². The second kappa shape index (κ2) is 8.26. The minimum absolute atomic E-state index is 0.00209. The fourth-order valence-electron chi connectivity index (χ4n) is 1.87. The first-order chi connectivity index (χ1) is 9.93. The van der Waals surface area contributed by atoms with E-state index in [0.717, 1.165) is 12.0 Å². The summed E-state index contributed by atoms with van der Waals surface area (Å²) in [5.74, 6) is -0.303. The van der Waals surface area contributed by atoms with Crippen LogP contribution in [0.2, 0.25) is 0 Å². The Hall–Kier alpha value is -2.08. The fraction of sp³-hybridized carbons (Fsp3) is 0.467. The van der Waals surface area contributed by atoms with Gasteiger partial charge in [-0.05, 0) is 30.5 Å². The minimum Gasteiger partial charge on any atom is -0.508 e. The van der Waals surface area contributed by atoms with E-state index in [1.165, 1.54) is 4.90 Å². The van der Waals surface area contributed by atoms with Crippen LogP contribution >= 0.6 is 0 Å². The number of nitrogens with two attached hydrogens (primary N) is 1. The van der Waals surface area contributed by atoms with Crippen molar-refractivity contribution in [2.45, 2.75) is 25.8 Å². The van der Waals surface area contributed by atoms with E-state index < -0.39 is 6.04 Å². The molecule has 0 aliphatic rings. The predicted octanol–water partition coefficient (Wildman–Crippen LogP) is 0.247. The third-order valence-electron chi connectivity index (χ3n) is 3.04. The molecule has 2 amide bonds. The fourth-order valence-corrected chi connectivity index (χ4v) is 1.87. The monoisotopic (exact) mass is 293 g/mol. The number of carbonyl (C=O) groups excluding carboxylic acids is 2. The van der Waals surface area contributed by atoms with Crippen molar-refractivity contribution in [1.82, 2.24) is 10.2 Å². The zero-order valence-corrected chi connectivity index (χ0v) is 12.5. The maximum absolute atomic E-state index is 12.1. The summed E-state index contributed by atoms with van der Waals surface area (Å²) >= 11 is 0. The number of phenolic OH excluding ortho intramolecular Hbond substituents is 1. The van der Waals surface area contributed by atoms with Crippen LogP contribution in [-0.2, 0) is 16.0 Å². The number of hydrogen-bond acceptors (Lipinski definition) is 4. The maximum Gasteiger partial charge on any atom is 0.240 e. The highest BCUT2D eigenvalue weighted by Crippen LogP contribution is 2.11. The van der Waals surface area contributed by atoms with Gasteiger partial charge >= 0.3 is 0 Å². The van der Waals surface area contributed by atoms with E-state index in [1.54, 1.807) is 31.3 Å². The first-order valence-electron chi connectivity index (χ1n) is 6.99. The van der Waals surface area contributed by atoms with Gasteiger partial charge in [-0.3, -0.25) is 9.59 Å². The summed E-state index contributed by atoms with van der Waals surface area (Å²) in [5.41, 5.74) is 6.74. The van der Waals surface area contributed by atoms with Crippen LogP contribution in [0.1, 0.15) is 18.9 Å². The molecule has 21 heavy (non-hydrogen) atoms. The number of nitrogens with zero attached hydrogens (tertiary/aromatic N) is 1. The molecule has 116 valence electrons. The molecule has 0 aliphatic heterocycles. The van der Waals surface area contributed by atoms with Crippen molar-refractivity contribution in [1.29, 1.82) is 0 Å². The number of nitrogens with one attached hydrogen (secondary N) is 1. The van der Waals surface area contributed by atoms with Gasteiger partial charge in [-0.2, -0.15) is 0 Å². The zero-order valence-electron chi connectivity index (χ0n) is 12.5. The first-order valence-corrected chi connectivity index (χ1v) is 6.99. The summed E-state index contributed by atoms with van der Waals surface area (Å²) in [6, 6.07) is 5.83. The number of phenols is 1. The van der Waals surface area contributed by atoms with Gasteiger partial charge in [-0.25, -0.2) is 0 Å². The highest BCUT2D eigenvalue weighted by molar-refractivity contribution is 5.87. The van der Waals surface area contributed by atoms with Gasteiger partial charge in [0, 0.05) is 13.6 Å². The smallest absolute Gasteiger partial charge is 0.240 e. The second-order valence-electron chi connectivity index (χ2n) is 5.02. The van der Waals surface area contributed by atoms with E-state index in [9.17, 15) is 14.7 Å². The number of rotatable bonds is 7. The Morgan fingerprint density at radius 3 is 2.52 bits per heavy atom. The molecule has 0 saturated carbocycles. The molecule has 0 aliphatic carbocycles. The number of carbonyl (C=O) groups is 2. The van der Waals surface area contributed by atoms with Gasteiger partial charge in [-0.15, -0.1) is 0 Å². The number of likely N-dealkylation sites (N-methyl/N-ethyl adjacent to an activating group) is 1. The lowest BCUT2D eigenvalue weighted by Crippen LogP contribution is -2.46. The molecule has 0 unspecified atom stereocenters. The highest BCUT2D eigenvalue weighted by atomic mass is 16.3. The average molecular weight is 293 g/mol. The average Bonchev–Trinajstić information content (AvgIpc) is 2.46. The lowest BCUT2D eigenvalue weighted by molar-refractivity contribution is -0.135. The number of amides is 2. The molecule has 1 rings (SSSR count). The molecule has 1 aromatic carbocycles. The van der Waals surface area contributed by atoms with Crippen LogP contribution in [-0.4, -0.2) is 48.0 Å². The Balaban J connectivity index is 2.49. The van der Waals surface area contributed by atoms with Gasteiger partial charge < -0.3 is 21.1 Å². The van der Waals surface area contributed by atoms with E-state index in [4.69, 9.17) is 5.73 Å². The summed E-state index contributed by atoms with van der Waals surface area (Å²) in [4.78, 5) is 25.0. The van der Waals surface area contributed by atoms with Gasteiger partial charge in [0.15, 0.2) is 0 Å². The van der Waals surface area contributed by atoms with Crippen molar-refractivity contribution in [2.24, 2.45) is 5.73 Å². The normalized spacial score (nSPS) is 11.8. The molecule has 4 N–H and O–H groups in total. The minimum atomic E-state index is -0.710. The van der Waals surface area contributed by atoms with Crippen LogP contribution in [0, 0.1) is 0 Å². The third kappa shape index (κ3) is 5.83. The molecule has 0 bridgehead atoms. The highest BCUT2D eigenvalue weighted by Gasteiger charge is 2.20. The Morgan fingerprint density at radius 1 is 1.33 bits per heavy atom. The van der Waals surface area contributed by atoms with E-state index in [1.807, 2.05) is 6.92 Å². The Morgan fingerprint density at radius 2 is 1.95 bits per heavy atom. The van der Waals surface area contributed by atoms with E-state index in [2.05, 4.69) is 5.32 Å². The van der Waals surface area contributed by atoms with Crippen molar-refractivity contribution in [2.75, 3.05) is 20.1 Å². The van der Waals surface area contributed by atoms with Crippen LogP contribution in [0.4, 0.5) is 0 Å². The Bertz CT molecular complexity index is 474. The summed E-state index contributed by atoms with van der Waals surface area (Å²) in [7, 11) is 1.56. The summed E-state index contributed by atoms with van der Waals surface area (Å²) < 4.78 is 0. The van der Waals surface area contributed by atoms with Gasteiger partial charge in [0.1, 0.15) is 5.75 Å². The van der Waals surface area contributed by atoms with E-state index in [0.29, 0.717) is 13.0 Å². The van der Waals surface area contributed by atoms with Crippen molar-refractivity contribution in [3.05, 3.63) is 29.8 Å². The largest absolute Gasteiger partial charge is 0.508 e. The standard InChI is InChI=1S/C15H23N3O3/c1-3-8-17-14(20)10-18(2)15(21)13(16)9-11-4-6-12(19)7-5-11/h4-7,13,19H,3,8-10,16H2,1-2H3,(H,17,20)/t13-/m1/s1. The molecule has 0 aromatic heterocycles. The maximum atomic E-state index is 12.1. The molecule has 6 heteroatoms. The van der Waals surface area contributed by atoms with Crippen LogP contribution in [0.5, 0.6) is 5.75 Å². The predicted molar refractivity (Wildman–Crippen MR) is 80.7 cm³/mol. The number of aromatic hydroxyl groups is 1. The topological polar surface area (TPSA) is 95.7 Å². The first kappa shape index (κ1) is 17.0. The molecular formula is C15H23N3O3. The SMILES string of the molecule is CCCNC(=O)CN(C)C(=O)[C@H](N)Cc1ccc(O)cc1. The zero-order chi connectivity index (χ0) is 15.8. The number of benzene rings is 1. The van der Waals surface area contributed by atoms with Gasteiger partial charge in [-0.1, -0.05) is 19.1 Å². The Labute approximate surface area is 124 Å². The number of hydrogen-bond donors (Lipinski definition) is 3. The summed E-state index contributed by atoms with van der Waals surface area (Å²) in [6.45, 7) is 2.56. The van der Waals surface area contributed by atoms with Crippen molar-refractivity contribution < 1.29 is 14.7 Å². The van der Waals surface area contributed by atoms with Crippen LogP contribution in [0.15, 0.2) is 24.3 Å². The molecular weight excluding hydrogens is 270 g/mol. The van der Waals surface area contributed by atoms with Crippen molar-refractivity contribution in [3.63, 3.8) is 0 Å². The molecule has 0 heterocycles. The molecule has 6 nitrogen and oxygen atoms in total.